The zero-order chi connectivity index (χ0) is 15.9. The fourth-order valence-corrected chi connectivity index (χ4v) is 5.64. The van der Waals surface area contributed by atoms with Crippen LogP contribution in [0, 0.1) is 6.92 Å². The number of piperidine rings is 1. The Morgan fingerprint density at radius 1 is 1.23 bits per heavy atom. The lowest BCUT2D eigenvalue weighted by Crippen LogP contribution is -2.48. The second-order valence-corrected chi connectivity index (χ2v) is 8.77. The Bertz CT molecular complexity index is 688. The third-order valence-corrected chi connectivity index (χ3v) is 7.25. The molecule has 0 unspecified atom stereocenters. The summed E-state index contributed by atoms with van der Waals surface area (Å²) in [7, 11) is -3.48. The van der Waals surface area contributed by atoms with Crippen LogP contribution in [0.1, 0.15) is 17.7 Å². The van der Waals surface area contributed by atoms with Gasteiger partial charge < -0.3 is 4.74 Å². The lowest BCUT2D eigenvalue weighted by atomic mass is 10.1. The highest BCUT2D eigenvalue weighted by atomic mass is 32.2. The molecule has 2 saturated heterocycles. The number of nitrogens with zero attached hydrogens (tertiary/aromatic N) is 2. The SMILES string of the molecule is Cc1ccc(S(=O)(=O)N2CCC(N3C(=O)COC3=O)CC2)s1. The van der Waals surface area contributed by atoms with E-state index in [9.17, 15) is 18.0 Å². The highest BCUT2D eigenvalue weighted by Gasteiger charge is 2.40. The van der Waals surface area contributed by atoms with Gasteiger partial charge >= 0.3 is 6.09 Å². The molecule has 2 aliphatic heterocycles. The number of thiophene rings is 1. The van der Waals surface area contributed by atoms with Crippen LogP contribution in [0.2, 0.25) is 0 Å². The van der Waals surface area contributed by atoms with Crippen LogP contribution in [0.5, 0.6) is 0 Å². The van der Waals surface area contributed by atoms with E-state index >= 15 is 0 Å². The Morgan fingerprint density at radius 3 is 2.41 bits per heavy atom. The molecule has 22 heavy (non-hydrogen) atoms. The molecular formula is C13H16N2O5S2. The monoisotopic (exact) mass is 344 g/mol. The van der Waals surface area contributed by atoms with Crippen molar-refractivity contribution in [1.82, 2.24) is 9.21 Å². The van der Waals surface area contributed by atoms with Gasteiger partial charge in [0.2, 0.25) is 0 Å². The summed E-state index contributed by atoms with van der Waals surface area (Å²) in [6, 6.07) is 3.12. The number of carbonyl (C=O) groups excluding carboxylic acids is 2. The minimum atomic E-state index is -3.48. The molecule has 0 atom stereocenters. The lowest BCUT2D eigenvalue weighted by Gasteiger charge is -2.33. The van der Waals surface area contributed by atoms with Crippen molar-refractivity contribution in [3.05, 3.63) is 17.0 Å². The van der Waals surface area contributed by atoms with Gasteiger partial charge in [-0.1, -0.05) is 0 Å². The maximum atomic E-state index is 12.5. The van der Waals surface area contributed by atoms with Crippen molar-refractivity contribution in [1.29, 1.82) is 0 Å². The lowest BCUT2D eigenvalue weighted by molar-refractivity contribution is -0.127. The average molecular weight is 344 g/mol. The molecule has 0 radical (unpaired) electrons. The molecule has 120 valence electrons. The normalized spacial score (nSPS) is 21.4. The molecule has 2 aliphatic rings. The first-order valence-corrected chi connectivity index (χ1v) is 9.20. The van der Waals surface area contributed by atoms with Gasteiger partial charge in [0.05, 0.1) is 0 Å². The van der Waals surface area contributed by atoms with Gasteiger partial charge in [-0.3, -0.25) is 4.79 Å². The molecule has 0 spiro atoms. The summed E-state index contributed by atoms with van der Waals surface area (Å²) in [5, 5.41) is 0. The smallest absolute Gasteiger partial charge is 0.417 e. The minimum absolute atomic E-state index is 0.216. The standard InChI is InChI=1S/C13H16N2O5S2/c1-9-2-3-12(21-9)22(18,19)14-6-4-10(5-7-14)15-11(16)8-20-13(15)17/h2-3,10H,4-8H2,1H3. The molecule has 2 amide bonds. The van der Waals surface area contributed by atoms with Crippen molar-refractivity contribution in [2.24, 2.45) is 0 Å². The van der Waals surface area contributed by atoms with Gasteiger partial charge in [0, 0.05) is 24.0 Å². The number of ether oxygens (including phenoxy) is 1. The van der Waals surface area contributed by atoms with Gasteiger partial charge in [-0.25, -0.2) is 18.1 Å². The van der Waals surface area contributed by atoms with E-state index in [0.29, 0.717) is 30.1 Å². The molecule has 1 aromatic heterocycles. The number of amides is 2. The molecule has 3 heterocycles. The van der Waals surface area contributed by atoms with Crippen LogP contribution in [-0.2, 0) is 19.6 Å². The quantitative estimate of drug-likeness (QED) is 0.822. The molecular weight excluding hydrogens is 328 g/mol. The van der Waals surface area contributed by atoms with Crippen LogP contribution in [0.25, 0.3) is 0 Å². The van der Waals surface area contributed by atoms with Crippen LogP contribution in [0.3, 0.4) is 0 Å². The molecule has 0 aromatic carbocycles. The molecule has 0 saturated carbocycles. The van der Waals surface area contributed by atoms with E-state index < -0.39 is 16.1 Å². The van der Waals surface area contributed by atoms with Crippen LogP contribution in [0.15, 0.2) is 16.3 Å². The first kappa shape index (κ1) is 15.4. The van der Waals surface area contributed by atoms with E-state index in [0.717, 1.165) is 9.78 Å². The summed E-state index contributed by atoms with van der Waals surface area (Å²) in [5.74, 6) is -0.347. The summed E-state index contributed by atoms with van der Waals surface area (Å²) in [5.41, 5.74) is 0. The first-order chi connectivity index (χ1) is 10.4. The van der Waals surface area contributed by atoms with Crippen molar-refractivity contribution in [2.75, 3.05) is 19.7 Å². The molecule has 9 heteroatoms. The van der Waals surface area contributed by atoms with Gasteiger partial charge in [0.25, 0.3) is 15.9 Å². The van der Waals surface area contributed by atoms with Gasteiger partial charge in [0.1, 0.15) is 4.21 Å². The Morgan fingerprint density at radius 2 is 1.91 bits per heavy atom. The average Bonchev–Trinajstić information content (AvgIpc) is 3.06. The summed E-state index contributed by atoms with van der Waals surface area (Å²) in [6.07, 6.45) is 0.245. The number of aryl methyl sites for hydroxylation is 1. The first-order valence-electron chi connectivity index (χ1n) is 6.95. The molecule has 3 rings (SSSR count). The fraction of sp³-hybridized carbons (Fsp3) is 0.538. The number of carbonyl (C=O) groups is 2. The Balaban J connectivity index is 1.69. The molecule has 2 fully saturated rings. The minimum Gasteiger partial charge on any atom is -0.439 e. The highest BCUT2D eigenvalue weighted by molar-refractivity contribution is 7.91. The van der Waals surface area contributed by atoms with E-state index in [1.807, 2.05) is 6.92 Å². The van der Waals surface area contributed by atoms with Crippen LogP contribution in [-0.4, -0.2) is 55.4 Å². The van der Waals surface area contributed by atoms with E-state index in [-0.39, 0.29) is 18.6 Å². The van der Waals surface area contributed by atoms with E-state index in [1.54, 1.807) is 12.1 Å². The number of hydrogen-bond acceptors (Lipinski definition) is 6. The van der Waals surface area contributed by atoms with Crippen molar-refractivity contribution < 1.29 is 22.7 Å². The Labute approximate surface area is 132 Å². The van der Waals surface area contributed by atoms with Crippen LogP contribution in [0.4, 0.5) is 4.79 Å². The molecule has 7 nitrogen and oxygen atoms in total. The van der Waals surface area contributed by atoms with Crippen molar-refractivity contribution >= 4 is 33.4 Å². The Kier molecular flexibility index (Phi) is 3.96. The van der Waals surface area contributed by atoms with E-state index in [4.69, 9.17) is 4.74 Å². The maximum absolute atomic E-state index is 12.5. The third-order valence-electron chi connectivity index (χ3n) is 3.88. The zero-order valence-corrected chi connectivity index (χ0v) is 13.7. The predicted molar refractivity (Wildman–Crippen MR) is 79.0 cm³/mol. The largest absolute Gasteiger partial charge is 0.439 e. The number of cyclic esters (lactones) is 1. The van der Waals surface area contributed by atoms with Crippen LogP contribution >= 0.6 is 11.3 Å². The van der Waals surface area contributed by atoms with E-state index in [1.165, 1.54) is 15.6 Å². The second kappa shape index (κ2) is 5.64. The summed E-state index contributed by atoms with van der Waals surface area (Å²) >= 11 is 1.25. The molecule has 0 aliphatic carbocycles. The fourth-order valence-electron chi connectivity index (χ4n) is 2.74. The van der Waals surface area contributed by atoms with Gasteiger partial charge in [-0.15, -0.1) is 11.3 Å². The molecule has 0 N–H and O–H groups in total. The van der Waals surface area contributed by atoms with Gasteiger partial charge in [-0.05, 0) is 31.9 Å². The Hall–Kier alpha value is -1.45. The number of rotatable bonds is 3. The summed E-state index contributed by atoms with van der Waals surface area (Å²) < 4.78 is 31.5. The van der Waals surface area contributed by atoms with Crippen LogP contribution < -0.4 is 0 Å². The number of imide groups is 1. The summed E-state index contributed by atoms with van der Waals surface area (Å²) in [4.78, 5) is 25.2. The number of sulfonamides is 1. The topological polar surface area (TPSA) is 84.0 Å². The third kappa shape index (κ3) is 2.64. The second-order valence-electron chi connectivity index (χ2n) is 5.32. The zero-order valence-electron chi connectivity index (χ0n) is 12.0. The summed E-state index contributed by atoms with van der Waals surface area (Å²) in [6.45, 7) is 2.23. The highest BCUT2D eigenvalue weighted by Crippen LogP contribution is 2.28. The van der Waals surface area contributed by atoms with Crippen molar-refractivity contribution in [3.63, 3.8) is 0 Å². The molecule has 1 aromatic rings. The molecule has 0 bridgehead atoms. The predicted octanol–water partition coefficient (Wildman–Crippen LogP) is 1.19. The van der Waals surface area contributed by atoms with E-state index in [2.05, 4.69) is 0 Å². The number of hydrogen-bond donors (Lipinski definition) is 0. The van der Waals surface area contributed by atoms with Crippen molar-refractivity contribution in [2.45, 2.75) is 30.0 Å². The van der Waals surface area contributed by atoms with Crippen molar-refractivity contribution in [3.8, 4) is 0 Å². The van der Waals surface area contributed by atoms with Gasteiger partial charge in [-0.2, -0.15) is 4.31 Å². The maximum Gasteiger partial charge on any atom is 0.417 e. The van der Waals surface area contributed by atoms with Gasteiger partial charge in [0.15, 0.2) is 6.61 Å².